The summed E-state index contributed by atoms with van der Waals surface area (Å²) < 4.78 is 13.2. The van der Waals surface area contributed by atoms with Gasteiger partial charge in [-0.3, -0.25) is 0 Å². The fourth-order valence-corrected chi connectivity index (χ4v) is 2.81. The molecule has 17 heavy (non-hydrogen) atoms. The predicted molar refractivity (Wildman–Crippen MR) is 69.4 cm³/mol. The van der Waals surface area contributed by atoms with Crippen LogP contribution in [0.2, 0.25) is 0 Å². The zero-order chi connectivity index (χ0) is 12.5. The maximum atomic E-state index is 13.2. The highest BCUT2D eigenvalue weighted by atomic mass is 19.1. The smallest absolute Gasteiger partial charge is 0.123 e. The van der Waals surface area contributed by atoms with Gasteiger partial charge in [0.25, 0.3) is 0 Å². The molecule has 0 aliphatic heterocycles. The van der Waals surface area contributed by atoms with Crippen molar-refractivity contribution < 1.29 is 4.39 Å². The summed E-state index contributed by atoms with van der Waals surface area (Å²) in [5, 5.41) is 3.65. The fourth-order valence-electron chi connectivity index (χ4n) is 2.81. The summed E-state index contributed by atoms with van der Waals surface area (Å²) in [6.45, 7) is 6.75. The summed E-state index contributed by atoms with van der Waals surface area (Å²) in [5.41, 5.74) is 1.40. The van der Waals surface area contributed by atoms with Crippen molar-refractivity contribution in [3.05, 3.63) is 35.6 Å². The van der Waals surface area contributed by atoms with Gasteiger partial charge >= 0.3 is 0 Å². The molecule has 0 bridgehead atoms. The van der Waals surface area contributed by atoms with Gasteiger partial charge in [0, 0.05) is 12.1 Å². The van der Waals surface area contributed by atoms with Crippen molar-refractivity contribution in [3.63, 3.8) is 0 Å². The average molecular weight is 235 g/mol. The molecule has 1 nitrogen and oxygen atoms in total. The van der Waals surface area contributed by atoms with Crippen molar-refractivity contribution in [2.45, 2.75) is 52.1 Å². The first-order valence-corrected chi connectivity index (χ1v) is 6.50. The lowest BCUT2D eigenvalue weighted by atomic mass is 9.86. The molecule has 0 heterocycles. The molecule has 0 aromatic heterocycles. The molecule has 94 valence electrons. The standard InChI is InChI=1S/C15H22FN/c1-11(12-6-4-7-13(16)10-12)17-14-8-5-9-15(14,2)3/h4,6-7,10-11,14,17H,5,8-9H2,1-3H3/t11-,14?/m1/s1. The molecule has 1 unspecified atom stereocenters. The molecule has 1 aromatic carbocycles. The summed E-state index contributed by atoms with van der Waals surface area (Å²) >= 11 is 0. The van der Waals surface area contributed by atoms with E-state index < -0.39 is 0 Å². The molecule has 2 atom stereocenters. The third-order valence-electron chi connectivity index (χ3n) is 4.06. The van der Waals surface area contributed by atoms with Gasteiger partial charge in [-0.25, -0.2) is 4.39 Å². The zero-order valence-corrected chi connectivity index (χ0v) is 11.0. The SMILES string of the molecule is C[C@@H](NC1CCCC1(C)C)c1cccc(F)c1. The van der Waals surface area contributed by atoms with Crippen LogP contribution in [0.3, 0.4) is 0 Å². The Morgan fingerprint density at radius 3 is 2.76 bits per heavy atom. The van der Waals surface area contributed by atoms with E-state index in [1.54, 1.807) is 12.1 Å². The summed E-state index contributed by atoms with van der Waals surface area (Å²) in [4.78, 5) is 0. The van der Waals surface area contributed by atoms with E-state index >= 15 is 0 Å². The Bertz CT molecular complexity index is 386. The number of hydrogen-bond acceptors (Lipinski definition) is 1. The van der Waals surface area contributed by atoms with Crippen LogP contribution in [0.15, 0.2) is 24.3 Å². The van der Waals surface area contributed by atoms with E-state index in [4.69, 9.17) is 0 Å². The first kappa shape index (κ1) is 12.6. The largest absolute Gasteiger partial charge is 0.307 e. The predicted octanol–water partition coefficient (Wildman–Crippen LogP) is 4.06. The molecule has 1 saturated carbocycles. The topological polar surface area (TPSA) is 12.0 Å². The lowest BCUT2D eigenvalue weighted by Gasteiger charge is -2.31. The summed E-state index contributed by atoms with van der Waals surface area (Å²) in [7, 11) is 0. The quantitative estimate of drug-likeness (QED) is 0.833. The third kappa shape index (κ3) is 2.86. The average Bonchev–Trinajstić information content (AvgIpc) is 2.58. The van der Waals surface area contributed by atoms with Crippen molar-refractivity contribution in [1.82, 2.24) is 5.32 Å². The monoisotopic (exact) mass is 235 g/mol. The Morgan fingerprint density at radius 1 is 1.41 bits per heavy atom. The van der Waals surface area contributed by atoms with Crippen LogP contribution in [0.1, 0.15) is 51.6 Å². The van der Waals surface area contributed by atoms with Crippen LogP contribution in [-0.2, 0) is 0 Å². The molecule has 1 aliphatic rings. The van der Waals surface area contributed by atoms with Gasteiger partial charge in [0.2, 0.25) is 0 Å². The van der Waals surface area contributed by atoms with Gasteiger partial charge in [-0.1, -0.05) is 32.4 Å². The van der Waals surface area contributed by atoms with Crippen molar-refractivity contribution in [3.8, 4) is 0 Å². The van der Waals surface area contributed by atoms with Crippen molar-refractivity contribution in [2.75, 3.05) is 0 Å². The van der Waals surface area contributed by atoms with Gasteiger partial charge in [0.05, 0.1) is 0 Å². The summed E-state index contributed by atoms with van der Waals surface area (Å²) in [6, 6.07) is 7.65. The normalized spacial score (nSPS) is 24.8. The van der Waals surface area contributed by atoms with Crippen LogP contribution >= 0.6 is 0 Å². The second-order valence-electron chi connectivity index (χ2n) is 5.88. The molecule has 0 saturated heterocycles. The zero-order valence-electron chi connectivity index (χ0n) is 11.0. The minimum Gasteiger partial charge on any atom is -0.307 e. The summed E-state index contributed by atoms with van der Waals surface area (Å²) in [5.74, 6) is -0.151. The third-order valence-corrected chi connectivity index (χ3v) is 4.06. The molecule has 0 radical (unpaired) electrons. The minimum atomic E-state index is -0.151. The van der Waals surface area contributed by atoms with Gasteiger partial charge in [0.1, 0.15) is 5.82 Å². The molecule has 2 heteroatoms. The Labute approximate surface area is 103 Å². The van der Waals surface area contributed by atoms with Crippen LogP contribution in [0.4, 0.5) is 4.39 Å². The Balaban J connectivity index is 2.04. The maximum absolute atomic E-state index is 13.2. The molecule has 0 spiro atoms. The highest BCUT2D eigenvalue weighted by Crippen LogP contribution is 2.38. The Kier molecular flexibility index (Phi) is 3.53. The second-order valence-corrected chi connectivity index (χ2v) is 5.88. The van der Waals surface area contributed by atoms with E-state index in [1.807, 2.05) is 6.07 Å². The van der Waals surface area contributed by atoms with Gasteiger partial charge in [0.15, 0.2) is 0 Å². The molecule has 1 aromatic rings. The minimum absolute atomic E-state index is 0.151. The molecule has 1 fully saturated rings. The molecular formula is C15H22FN. The van der Waals surface area contributed by atoms with E-state index in [2.05, 4.69) is 26.1 Å². The highest BCUT2D eigenvalue weighted by Gasteiger charge is 2.34. The number of hydrogen-bond donors (Lipinski definition) is 1. The van der Waals surface area contributed by atoms with Crippen LogP contribution < -0.4 is 5.32 Å². The van der Waals surface area contributed by atoms with Gasteiger partial charge in [-0.05, 0) is 42.9 Å². The van der Waals surface area contributed by atoms with Crippen molar-refractivity contribution in [1.29, 1.82) is 0 Å². The van der Waals surface area contributed by atoms with E-state index in [0.717, 1.165) is 5.56 Å². The van der Waals surface area contributed by atoms with Crippen molar-refractivity contribution >= 4 is 0 Å². The molecule has 1 aliphatic carbocycles. The number of nitrogens with one attached hydrogen (secondary N) is 1. The first-order chi connectivity index (χ1) is 7.99. The van der Waals surface area contributed by atoms with Crippen LogP contribution in [0.5, 0.6) is 0 Å². The van der Waals surface area contributed by atoms with E-state index in [-0.39, 0.29) is 11.9 Å². The molecule has 1 N–H and O–H groups in total. The van der Waals surface area contributed by atoms with Crippen molar-refractivity contribution in [2.24, 2.45) is 5.41 Å². The Morgan fingerprint density at radius 2 is 2.18 bits per heavy atom. The molecular weight excluding hydrogens is 213 g/mol. The number of benzene rings is 1. The van der Waals surface area contributed by atoms with Crippen LogP contribution in [0, 0.1) is 11.2 Å². The van der Waals surface area contributed by atoms with Crippen LogP contribution in [-0.4, -0.2) is 6.04 Å². The number of rotatable bonds is 3. The second kappa shape index (κ2) is 4.77. The fraction of sp³-hybridized carbons (Fsp3) is 0.600. The Hall–Kier alpha value is -0.890. The summed E-state index contributed by atoms with van der Waals surface area (Å²) in [6.07, 6.45) is 3.80. The van der Waals surface area contributed by atoms with Gasteiger partial charge in [-0.2, -0.15) is 0 Å². The molecule has 2 rings (SSSR count). The number of halogens is 1. The van der Waals surface area contributed by atoms with Gasteiger partial charge < -0.3 is 5.32 Å². The van der Waals surface area contributed by atoms with Crippen LogP contribution in [0.25, 0.3) is 0 Å². The van der Waals surface area contributed by atoms with Gasteiger partial charge in [-0.15, -0.1) is 0 Å². The first-order valence-electron chi connectivity index (χ1n) is 6.50. The maximum Gasteiger partial charge on any atom is 0.123 e. The lowest BCUT2D eigenvalue weighted by Crippen LogP contribution is -2.39. The lowest BCUT2D eigenvalue weighted by molar-refractivity contribution is 0.266. The van der Waals surface area contributed by atoms with E-state index in [9.17, 15) is 4.39 Å². The highest BCUT2D eigenvalue weighted by molar-refractivity contribution is 5.19. The molecule has 0 amide bonds. The van der Waals surface area contributed by atoms with E-state index in [0.29, 0.717) is 11.5 Å². The van der Waals surface area contributed by atoms with E-state index in [1.165, 1.54) is 25.3 Å².